The highest BCUT2D eigenvalue weighted by Gasteiger charge is 2.19. The van der Waals surface area contributed by atoms with Gasteiger partial charge in [-0.25, -0.2) is 0 Å². The van der Waals surface area contributed by atoms with Crippen molar-refractivity contribution in [2.45, 2.75) is 5.92 Å². The van der Waals surface area contributed by atoms with Crippen molar-refractivity contribution in [3.8, 4) is 6.07 Å². The van der Waals surface area contributed by atoms with Gasteiger partial charge in [0.05, 0.1) is 23.2 Å². The second kappa shape index (κ2) is 7.02. The first-order chi connectivity index (χ1) is 10.2. The number of carbonyl (C=O) groups excluding carboxylic acids is 1. The lowest BCUT2D eigenvalue weighted by Crippen LogP contribution is -2.27. The van der Waals surface area contributed by atoms with E-state index in [9.17, 15) is 4.79 Å². The average molecular weight is 344 g/mol. The zero-order valence-electron chi connectivity index (χ0n) is 11.2. The van der Waals surface area contributed by atoms with Crippen molar-refractivity contribution < 1.29 is 4.79 Å². The minimum Gasteiger partial charge on any atom is -0.329 e. The van der Waals surface area contributed by atoms with Crippen LogP contribution in [0.1, 0.15) is 17.0 Å². The van der Waals surface area contributed by atoms with E-state index in [0.717, 1.165) is 5.56 Å². The van der Waals surface area contributed by atoms with Gasteiger partial charge in [0.25, 0.3) is 0 Å². The first-order valence-electron chi connectivity index (χ1n) is 6.41. The van der Waals surface area contributed by atoms with E-state index in [2.05, 4.69) is 21.2 Å². The molecule has 4 nitrogen and oxygen atoms in total. The van der Waals surface area contributed by atoms with Gasteiger partial charge in [-0.05, 0) is 39.7 Å². The minimum absolute atomic E-state index is 0.172. The molecule has 0 spiro atoms. The molecule has 21 heavy (non-hydrogen) atoms. The third-order valence-corrected chi connectivity index (χ3v) is 3.77. The van der Waals surface area contributed by atoms with Gasteiger partial charge in [-0.1, -0.05) is 30.3 Å². The van der Waals surface area contributed by atoms with E-state index in [1.807, 2.05) is 36.4 Å². The van der Waals surface area contributed by atoms with Crippen molar-refractivity contribution in [3.63, 3.8) is 0 Å². The molecule has 2 aromatic carbocycles. The van der Waals surface area contributed by atoms with Crippen LogP contribution in [0.2, 0.25) is 0 Å². The van der Waals surface area contributed by atoms with Crippen molar-refractivity contribution in [1.29, 1.82) is 5.26 Å². The molecular weight excluding hydrogens is 330 g/mol. The van der Waals surface area contributed by atoms with E-state index < -0.39 is 5.92 Å². The van der Waals surface area contributed by atoms with Crippen LogP contribution in [0.15, 0.2) is 53.0 Å². The van der Waals surface area contributed by atoms with Gasteiger partial charge in [0, 0.05) is 11.0 Å². The Kier molecular flexibility index (Phi) is 5.09. The maximum absolute atomic E-state index is 12.4. The van der Waals surface area contributed by atoms with Gasteiger partial charge in [-0.15, -0.1) is 0 Å². The Bertz CT molecular complexity index is 680. The molecule has 1 atom stereocenters. The van der Waals surface area contributed by atoms with Crippen LogP contribution in [0.5, 0.6) is 0 Å². The van der Waals surface area contributed by atoms with Crippen LogP contribution >= 0.6 is 15.9 Å². The second-order valence-electron chi connectivity index (χ2n) is 4.49. The Hall–Kier alpha value is -2.16. The van der Waals surface area contributed by atoms with Gasteiger partial charge in [-0.2, -0.15) is 5.26 Å². The third-order valence-electron chi connectivity index (χ3n) is 3.11. The van der Waals surface area contributed by atoms with Crippen LogP contribution < -0.4 is 11.1 Å². The molecule has 0 aromatic heterocycles. The second-order valence-corrected chi connectivity index (χ2v) is 5.35. The number of nitriles is 1. The molecule has 0 bridgehead atoms. The normalized spacial score (nSPS) is 11.5. The largest absolute Gasteiger partial charge is 0.329 e. The van der Waals surface area contributed by atoms with Gasteiger partial charge in [0.15, 0.2) is 0 Å². The number of halogens is 1. The number of hydrogen-bond acceptors (Lipinski definition) is 3. The molecule has 0 aliphatic carbocycles. The summed E-state index contributed by atoms with van der Waals surface area (Å²) in [6, 6.07) is 16.5. The standard InChI is InChI=1S/C16H14BrN3O/c17-14-8-11(9-18)6-7-15(14)20-16(21)13(10-19)12-4-2-1-3-5-12/h1-8,13H,10,19H2,(H,20,21). The molecule has 2 rings (SSSR count). The first-order valence-corrected chi connectivity index (χ1v) is 7.20. The van der Waals surface area contributed by atoms with E-state index in [1.165, 1.54) is 0 Å². The molecule has 5 heteroatoms. The molecule has 0 aliphatic rings. The molecule has 0 aliphatic heterocycles. The van der Waals surface area contributed by atoms with Gasteiger partial charge in [0.2, 0.25) is 5.91 Å². The fourth-order valence-corrected chi connectivity index (χ4v) is 2.46. The van der Waals surface area contributed by atoms with Crippen molar-refractivity contribution in [1.82, 2.24) is 0 Å². The number of nitrogens with one attached hydrogen (secondary N) is 1. The molecule has 3 N–H and O–H groups in total. The van der Waals surface area contributed by atoms with E-state index in [4.69, 9.17) is 11.0 Å². The Morgan fingerprint density at radius 1 is 1.29 bits per heavy atom. The van der Waals surface area contributed by atoms with Crippen molar-refractivity contribution in [2.75, 3.05) is 11.9 Å². The Balaban J connectivity index is 2.19. The molecule has 0 heterocycles. The smallest absolute Gasteiger partial charge is 0.233 e. The quantitative estimate of drug-likeness (QED) is 0.895. The van der Waals surface area contributed by atoms with Crippen LogP contribution in [0.3, 0.4) is 0 Å². The summed E-state index contributed by atoms with van der Waals surface area (Å²) in [6.07, 6.45) is 0. The van der Waals surface area contributed by atoms with E-state index in [1.54, 1.807) is 18.2 Å². The predicted octanol–water partition coefficient (Wildman–Crippen LogP) is 3.00. The molecule has 106 valence electrons. The lowest BCUT2D eigenvalue weighted by atomic mass is 9.98. The summed E-state index contributed by atoms with van der Waals surface area (Å²) in [7, 11) is 0. The van der Waals surface area contributed by atoms with Crippen LogP contribution in [-0.2, 0) is 4.79 Å². The number of anilines is 1. The summed E-state index contributed by atoms with van der Waals surface area (Å²) >= 11 is 3.35. The third kappa shape index (κ3) is 3.69. The van der Waals surface area contributed by atoms with Crippen molar-refractivity contribution in [3.05, 3.63) is 64.1 Å². The number of benzene rings is 2. The number of rotatable bonds is 4. The van der Waals surface area contributed by atoms with E-state index in [-0.39, 0.29) is 12.5 Å². The summed E-state index contributed by atoms with van der Waals surface area (Å²) < 4.78 is 0.665. The summed E-state index contributed by atoms with van der Waals surface area (Å²) in [6.45, 7) is 0.226. The summed E-state index contributed by atoms with van der Waals surface area (Å²) in [5.74, 6) is -0.581. The number of amides is 1. The lowest BCUT2D eigenvalue weighted by molar-refractivity contribution is -0.117. The topological polar surface area (TPSA) is 78.9 Å². The van der Waals surface area contributed by atoms with Crippen LogP contribution in [0, 0.1) is 11.3 Å². The highest BCUT2D eigenvalue weighted by atomic mass is 79.9. The lowest BCUT2D eigenvalue weighted by Gasteiger charge is -2.16. The molecule has 2 aromatic rings. The van der Waals surface area contributed by atoms with Crippen LogP contribution in [0.25, 0.3) is 0 Å². The summed E-state index contributed by atoms with van der Waals surface area (Å²) in [5, 5.41) is 11.7. The maximum Gasteiger partial charge on any atom is 0.233 e. The van der Waals surface area contributed by atoms with Crippen LogP contribution in [0.4, 0.5) is 5.69 Å². The van der Waals surface area contributed by atoms with Gasteiger partial charge >= 0.3 is 0 Å². The highest BCUT2D eigenvalue weighted by molar-refractivity contribution is 9.10. The van der Waals surface area contributed by atoms with Crippen LogP contribution in [-0.4, -0.2) is 12.5 Å². The Labute approximate surface area is 131 Å². The Morgan fingerprint density at radius 2 is 2.00 bits per heavy atom. The maximum atomic E-state index is 12.4. The zero-order valence-corrected chi connectivity index (χ0v) is 12.8. The van der Waals surface area contributed by atoms with Gasteiger partial charge in [0.1, 0.15) is 0 Å². The monoisotopic (exact) mass is 343 g/mol. The SMILES string of the molecule is N#Cc1ccc(NC(=O)C(CN)c2ccccc2)c(Br)c1. The molecule has 0 saturated carbocycles. The summed E-state index contributed by atoms with van der Waals surface area (Å²) in [4.78, 5) is 12.4. The molecule has 0 fully saturated rings. The van der Waals surface area contributed by atoms with Gasteiger partial charge in [-0.3, -0.25) is 4.79 Å². The molecular formula is C16H14BrN3O. The molecule has 1 amide bonds. The van der Waals surface area contributed by atoms with Crippen molar-refractivity contribution >= 4 is 27.5 Å². The van der Waals surface area contributed by atoms with E-state index in [0.29, 0.717) is 15.7 Å². The number of hydrogen-bond donors (Lipinski definition) is 2. The molecule has 0 saturated heterocycles. The van der Waals surface area contributed by atoms with Crippen molar-refractivity contribution in [2.24, 2.45) is 5.73 Å². The number of nitrogens with two attached hydrogens (primary N) is 1. The minimum atomic E-state index is -0.409. The Morgan fingerprint density at radius 3 is 2.57 bits per heavy atom. The van der Waals surface area contributed by atoms with E-state index >= 15 is 0 Å². The highest BCUT2D eigenvalue weighted by Crippen LogP contribution is 2.25. The zero-order chi connectivity index (χ0) is 15.2. The number of nitrogens with zero attached hydrogens (tertiary/aromatic N) is 1. The number of carbonyl (C=O) groups is 1. The first kappa shape index (κ1) is 15.2. The predicted molar refractivity (Wildman–Crippen MR) is 85.7 cm³/mol. The molecule has 1 unspecified atom stereocenters. The fraction of sp³-hybridized carbons (Fsp3) is 0.125. The summed E-state index contributed by atoms with van der Waals surface area (Å²) in [5.41, 5.74) is 7.75. The van der Waals surface area contributed by atoms with Gasteiger partial charge < -0.3 is 11.1 Å². The average Bonchev–Trinajstić information content (AvgIpc) is 2.51. The molecule has 0 radical (unpaired) electrons. The fourth-order valence-electron chi connectivity index (χ4n) is 1.99.